The number of unbranched alkanes of at least 4 members (excludes halogenated alkanes) is 9. The molecule has 2 atom stereocenters. The van der Waals surface area contributed by atoms with Crippen LogP contribution >= 0.6 is 0 Å². The summed E-state index contributed by atoms with van der Waals surface area (Å²) < 4.78 is 5.80. The molecule has 25 heavy (non-hydrogen) atoms. The van der Waals surface area contributed by atoms with Crippen molar-refractivity contribution >= 4 is 5.91 Å². The van der Waals surface area contributed by atoms with Gasteiger partial charge in [-0.15, -0.1) is 0 Å². The minimum absolute atomic E-state index is 0.375. The Morgan fingerprint density at radius 3 is 1.92 bits per heavy atom. The molecule has 2 fully saturated rings. The number of ether oxygens (including phenoxy) is 1. The maximum absolute atomic E-state index is 12.0. The van der Waals surface area contributed by atoms with Gasteiger partial charge in [0.05, 0.1) is 12.2 Å². The lowest BCUT2D eigenvalue weighted by molar-refractivity contribution is -0.130. The van der Waals surface area contributed by atoms with Crippen LogP contribution < -0.4 is 0 Å². The SMILES string of the molecule is CCCCCCCCCCCC1OC1CCCCC(=O)N1CCCC1. The van der Waals surface area contributed by atoms with Gasteiger partial charge >= 0.3 is 0 Å². The number of carbonyl (C=O) groups is 1. The summed E-state index contributed by atoms with van der Waals surface area (Å²) in [5.41, 5.74) is 0. The zero-order chi connectivity index (χ0) is 17.7. The first kappa shape index (κ1) is 20.7. The Bertz CT molecular complexity index is 352. The lowest BCUT2D eigenvalue weighted by Crippen LogP contribution is -2.27. The van der Waals surface area contributed by atoms with Gasteiger partial charge in [0.1, 0.15) is 0 Å². The lowest BCUT2D eigenvalue weighted by atomic mass is 10.0. The van der Waals surface area contributed by atoms with E-state index in [2.05, 4.69) is 6.92 Å². The van der Waals surface area contributed by atoms with Crippen molar-refractivity contribution < 1.29 is 9.53 Å². The highest BCUT2D eigenvalue weighted by Crippen LogP contribution is 2.31. The van der Waals surface area contributed by atoms with E-state index in [0.29, 0.717) is 18.1 Å². The van der Waals surface area contributed by atoms with E-state index in [1.807, 2.05) is 4.90 Å². The first-order valence-corrected chi connectivity index (χ1v) is 11.2. The zero-order valence-corrected chi connectivity index (χ0v) is 16.6. The van der Waals surface area contributed by atoms with Crippen LogP contribution in [0.5, 0.6) is 0 Å². The number of epoxide rings is 1. The molecule has 0 spiro atoms. The maximum Gasteiger partial charge on any atom is 0.222 e. The second kappa shape index (κ2) is 12.7. The molecule has 2 rings (SSSR count). The summed E-state index contributed by atoms with van der Waals surface area (Å²) in [6.07, 6.45) is 21.4. The van der Waals surface area contributed by atoms with Crippen LogP contribution in [0.1, 0.15) is 110 Å². The molecule has 0 aromatic heterocycles. The van der Waals surface area contributed by atoms with Crippen LogP contribution in [0.2, 0.25) is 0 Å². The third kappa shape index (κ3) is 9.08. The van der Waals surface area contributed by atoms with Gasteiger partial charge in [-0.1, -0.05) is 71.1 Å². The van der Waals surface area contributed by atoms with Crippen molar-refractivity contribution in [3.63, 3.8) is 0 Å². The Balaban J connectivity index is 1.32. The van der Waals surface area contributed by atoms with Crippen LogP contribution in [0.25, 0.3) is 0 Å². The van der Waals surface area contributed by atoms with Crippen LogP contribution in [0, 0.1) is 0 Å². The second-order valence-electron chi connectivity index (χ2n) is 8.16. The van der Waals surface area contributed by atoms with Crippen LogP contribution in [0.3, 0.4) is 0 Å². The summed E-state index contributed by atoms with van der Waals surface area (Å²) in [4.78, 5) is 14.0. The number of hydrogen-bond acceptors (Lipinski definition) is 2. The molecule has 2 heterocycles. The van der Waals surface area contributed by atoms with Gasteiger partial charge in [0.25, 0.3) is 0 Å². The molecule has 2 aliphatic rings. The van der Waals surface area contributed by atoms with Gasteiger partial charge in [-0.25, -0.2) is 0 Å². The van der Waals surface area contributed by atoms with Gasteiger partial charge in [0.15, 0.2) is 0 Å². The van der Waals surface area contributed by atoms with E-state index in [4.69, 9.17) is 4.74 Å². The molecule has 1 amide bonds. The number of hydrogen-bond donors (Lipinski definition) is 0. The van der Waals surface area contributed by atoms with Crippen molar-refractivity contribution in [3.8, 4) is 0 Å². The molecule has 146 valence electrons. The Morgan fingerprint density at radius 1 is 0.800 bits per heavy atom. The topological polar surface area (TPSA) is 32.8 Å². The average molecular weight is 352 g/mol. The van der Waals surface area contributed by atoms with Crippen LogP contribution in [-0.2, 0) is 9.53 Å². The minimum Gasteiger partial charge on any atom is -0.370 e. The fourth-order valence-corrected chi connectivity index (χ4v) is 4.09. The summed E-state index contributed by atoms with van der Waals surface area (Å²) in [6, 6.07) is 0. The Morgan fingerprint density at radius 2 is 1.32 bits per heavy atom. The van der Waals surface area contributed by atoms with E-state index in [1.165, 1.54) is 77.0 Å². The Hall–Kier alpha value is -0.570. The monoisotopic (exact) mass is 351 g/mol. The molecule has 2 aliphatic heterocycles. The summed E-state index contributed by atoms with van der Waals surface area (Å²) in [7, 11) is 0. The molecule has 0 radical (unpaired) electrons. The molecular weight excluding hydrogens is 310 g/mol. The average Bonchev–Trinajstić information content (AvgIpc) is 3.12. The van der Waals surface area contributed by atoms with Crippen molar-refractivity contribution in [1.82, 2.24) is 4.90 Å². The summed E-state index contributed by atoms with van der Waals surface area (Å²) >= 11 is 0. The van der Waals surface area contributed by atoms with E-state index >= 15 is 0 Å². The third-order valence-electron chi connectivity index (χ3n) is 5.87. The summed E-state index contributed by atoms with van der Waals surface area (Å²) in [6.45, 7) is 4.26. The van der Waals surface area contributed by atoms with Gasteiger partial charge in [-0.2, -0.15) is 0 Å². The predicted octanol–water partition coefficient (Wildman–Crippen LogP) is 5.86. The molecule has 0 aromatic carbocycles. The fourth-order valence-electron chi connectivity index (χ4n) is 4.09. The molecule has 2 saturated heterocycles. The first-order valence-electron chi connectivity index (χ1n) is 11.2. The van der Waals surface area contributed by atoms with Gasteiger partial charge in [0, 0.05) is 19.5 Å². The molecule has 0 saturated carbocycles. The van der Waals surface area contributed by atoms with Crippen molar-refractivity contribution in [2.24, 2.45) is 0 Å². The van der Waals surface area contributed by atoms with E-state index in [-0.39, 0.29) is 0 Å². The Labute approximate surface area is 155 Å². The fraction of sp³-hybridized carbons (Fsp3) is 0.955. The van der Waals surface area contributed by atoms with Crippen molar-refractivity contribution in [3.05, 3.63) is 0 Å². The van der Waals surface area contributed by atoms with Crippen molar-refractivity contribution in [1.29, 1.82) is 0 Å². The molecule has 3 nitrogen and oxygen atoms in total. The number of amides is 1. The smallest absolute Gasteiger partial charge is 0.222 e. The quantitative estimate of drug-likeness (QED) is 0.273. The van der Waals surface area contributed by atoms with Crippen molar-refractivity contribution in [2.45, 2.75) is 122 Å². The zero-order valence-electron chi connectivity index (χ0n) is 16.6. The first-order chi connectivity index (χ1) is 12.3. The molecule has 3 heteroatoms. The number of rotatable bonds is 15. The van der Waals surface area contributed by atoms with Crippen LogP contribution in [-0.4, -0.2) is 36.1 Å². The molecule has 0 bridgehead atoms. The van der Waals surface area contributed by atoms with E-state index in [0.717, 1.165) is 38.8 Å². The number of likely N-dealkylation sites (tertiary alicyclic amines) is 1. The normalized spacial score (nSPS) is 22.5. The highest BCUT2D eigenvalue weighted by atomic mass is 16.6. The van der Waals surface area contributed by atoms with E-state index in [9.17, 15) is 4.79 Å². The van der Waals surface area contributed by atoms with Crippen molar-refractivity contribution in [2.75, 3.05) is 13.1 Å². The van der Waals surface area contributed by atoms with Gasteiger partial charge in [-0.3, -0.25) is 4.79 Å². The predicted molar refractivity (Wildman–Crippen MR) is 105 cm³/mol. The highest BCUT2D eigenvalue weighted by molar-refractivity contribution is 5.76. The third-order valence-corrected chi connectivity index (χ3v) is 5.87. The van der Waals surface area contributed by atoms with E-state index in [1.54, 1.807) is 0 Å². The Kier molecular flexibility index (Phi) is 10.6. The number of nitrogens with zero attached hydrogens (tertiary/aromatic N) is 1. The maximum atomic E-state index is 12.0. The standard InChI is InChI=1S/C22H41NO2/c1-2-3-4-5-6-7-8-9-10-15-20-21(25-20)16-11-12-17-22(24)23-18-13-14-19-23/h20-21H,2-19H2,1H3. The molecular formula is C22H41NO2. The summed E-state index contributed by atoms with van der Waals surface area (Å²) in [5, 5.41) is 0. The highest BCUT2D eigenvalue weighted by Gasteiger charge is 2.36. The van der Waals surface area contributed by atoms with Crippen LogP contribution in [0.15, 0.2) is 0 Å². The summed E-state index contributed by atoms with van der Waals surface area (Å²) in [5.74, 6) is 0.375. The largest absolute Gasteiger partial charge is 0.370 e. The van der Waals surface area contributed by atoms with E-state index < -0.39 is 0 Å². The lowest BCUT2D eigenvalue weighted by Gasteiger charge is -2.14. The second-order valence-corrected chi connectivity index (χ2v) is 8.16. The molecule has 0 N–H and O–H groups in total. The molecule has 0 aromatic rings. The van der Waals surface area contributed by atoms with Gasteiger partial charge in [0.2, 0.25) is 5.91 Å². The van der Waals surface area contributed by atoms with Gasteiger partial charge in [-0.05, 0) is 32.1 Å². The minimum atomic E-state index is 0.375. The number of carbonyl (C=O) groups excluding carboxylic acids is 1. The molecule has 0 aliphatic carbocycles. The van der Waals surface area contributed by atoms with Gasteiger partial charge < -0.3 is 9.64 Å². The molecule has 2 unspecified atom stereocenters. The van der Waals surface area contributed by atoms with Crippen LogP contribution in [0.4, 0.5) is 0 Å².